The first-order chi connectivity index (χ1) is 9.28. The largest absolute Gasteiger partial charge is 0.352 e. The molecule has 0 aliphatic carbocycles. The third kappa shape index (κ3) is 7.22. The van der Waals surface area contributed by atoms with Gasteiger partial charge in [0.05, 0.1) is 0 Å². The number of benzene rings is 1. The summed E-state index contributed by atoms with van der Waals surface area (Å²) in [5, 5.41) is 3.95. The van der Waals surface area contributed by atoms with Crippen LogP contribution in [0.5, 0.6) is 0 Å². The van der Waals surface area contributed by atoms with Gasteiger partial charge in [-0.2, -0.15) is 11.8 Å². The second-order valence-corrected chi connectivity index (χ2v) is 8.02. The summed E-state index contributed by atoms with van der Waals surface area (Å²) in [6, 6.07) is 5.18. The van der Waals surface area contributed by atoms with Crippen LogP contribution in [0.15, 0.2) is 24.3 Å². The highest BCUT2D eigenvalue weighted by Crippen LogP contribution is 2.22. The highest BCUT2D eigenvalue weighted by Gasteiger charge is 2.09. The first kappa shape index (κ1) is 17.4. The molecule has 20 heavy (non-hydrogen) atoms. The summed E-state index contributed by atoms with van der Waals surface area (Å²) >= 11 is 13.6. The molecule has 0 atom stereocenters. The van der Waals surface area contributed by atoms with Crippen LogP contribution in [-0.2, 0) is 4.79 Å². The van der Waals surface area contributed by atoms with Gasteiger partial charge in [-0.3, -0.25) is 4.79 Å². The molecule has 0 aliphatic heterocycles. The van der Waals surface area contributed by atoms with Crippen LogP contribution in [0.1, 0.15) is 26.3 Å². The van der Waals surface area contributed by atoms with Crippen LogP contribution in [0.25, 0.3) is 6.08 Å². The molecule has 1 rings (SSSR count). The molecule has 1 amide bonds. The first-order valence-corrected chi connectivity index (χ1v) is 8.07. The lowest BCUT2D eigenvalue weighted by atomic mass is 10.2. The van der Waals surface area contributed by atoms with Gasteiger partial charge in [-0.1, -0.05) is 50.0 Å². The van der Waals surface area contributed by atoms with Crippen LogP contribution in [-0.4, -0.2) is 23.0 Å². The number of carbonyl (C=O) groups excluding carboxylic acids is 1. The van der Waals surface area contributed by atoms with Crippen molar-refractivity contribution in [2.24, 2.45) is 0 Å². The Kier molecular flexibility index (Phi) is 6.93. The van der Waals surface area contributed by atoms with Crippen LogP contribution in [0.3, 0.4) is 0 Å². The topological polar surface area (TPSA) is 29.1 Å². The number of rotatable bonds is 5. The molecule has 1 N–H and O–H groups in total. The second kappa shape index (κ2) is 7.96. The van der Waals surface area contributed by atoms with Crippen LogP contribution < -0.4 is 5.32 Å². The van der Waals surface area contributed by atoms with Crippen LogP contribution in [0.4, 0.5) is 0 Å². The molecule has 0 saturated carbocycles. The zero-order valence-corrected chi connectivity index (χ0v) is 14.2. The van der Waals surface area contributed by atoms with Gasteiger partial charge in [0.1, 0.15) is 0 Å². The number of halogens is 2. The molecule has 0 radical (unpaired) electrons. The third-order valence-electron chi connectivity index (χ3n) is 2.31. The van der Waals surface area contributed by atoms with Crippen LogP contribution >= 0.6 is 35.0 Å². The molecule has 0 spiro atoms. The summed E-state index contributed by atoms with van der Waals surface area (Å²) in [5.41, 5.74) is 0.773. The molecule has 0 bridgehead atoms. The quantitative estimate of drug-likeness (QED) is 0.628. The van der Waals surface area contributed by atoms with Crippen molar-refractivity contribution in [2.75, 3.05) is 12.3 Å². The summed E-state index contributed by atoms with van der Waals surface area (Å²) in [6.45, 7) is 7.12. The van der Waals surface area contributed by atoms with E-state index in [0.29, 0.717) is 16.6 Å². The van der Waals surface area contributed by atoms with E-state index in [9.17, 15) is 4.79 Å². The maximum Gasteiger partial charge on any atom is 0.244 e. The van der Waals surface area contributed by atoms with Gasteiger partial charge in [-0.05, 0) is 23.8 Å². The van der Waals surface area contributed by atoms with Crippen molar-refractivity contribution in [3.8, 4) is 0 Å². The van der Waals surface area contributed by atoms with Crippen molar-refractivity contribution < 1.29 is 4.79 Å². The van der Waals surface area contributed by atoms with E-state index in [1.165, 1.54) is 6.08 Å². The molecule has 0 heterocycles. The van der Waals surface area contributed by atoms with E-state index in [-0.39, 0.29) is 10.7 Å². The van der Waals surface area contributed by atoms with Crippen molar-refractivity contribution in [3.05, 3.63) is 39.9 Å². The van der Waals surface area contributed by atoms with Crippen LogP contribution in [0, 0.1) is 0 Å². The van der Waals surface area contributed by atoms with E-state index in [4.69, 9.17) is 23.2 Å². The third-order valence-corrected chi connectivity index (χ3v) is 4.15. The second-order valence-electron chi connectivity index (χ2n) is 5.25. The lowest BCUT2D eigenvalue weighted by Gasteiger charge is -2.17. The van der Waals surface area contributed by atoms with Crippen molar-refractivity contribution in [1.82, 2.24) is 5.32 Å². The van der Waals surface area contributed by atoms with E-state index >= 15 is 0 Å². The van der Waals surface area contributed by atoms with Crippen LogP contribution in [0.2, 0.25) is 10.0 Å². The van der Waals surface area contributed by atoms with Gasteiger partial charge in [-0.25, -0.2) is 0 Å². The zero-order valence-electron chi connectivity index (χ0n) is 11.9. The summed E-state index contributed by atoms with van der Waals surface area (Å²) < 4.78 is 0.220. The fourth-order valence-corrected chi connectivity index (χ4v) is 2.68. The van der Waals surface area contributed by atoms with E-state index in [0.717, 1.165) is 11.3 Å². The standard InChI is InChI=1S/C15H19Cl2NOS/c1-15(2,3)20-9-8-18-14(19)7-5-11-4-6-12(16)10-13(11)17/h4-7,10H,8-9H2,1-3H3,(H,18,19)/b7-5+. The monoisotopic (exact) mass is 331 g/mol. The Hall–Kier alpha value is -0.640. The zero-order chi connectivity index (χ0) is 15.2. The number of amides is 1. The minimum absolute atomic E-state index is 0.120. The number of nitrogens with one attached hydrogen (secondary N) is 1. The average Bonchev–Trinajstić information content (AvgIpc) is 2.32. The van der Waals surface area contributed by atoms with E-state index < -0.39 is 0 Å². The average molecular weight is 332 g/mol. The normalized spacial score (nSPS) is 11.8. The number of hydrogen-bond acceptors (Lipinski definition) is 2. The molecule has 1 aromatic rings. The van der Waals surface area contributed by atoms with Crippen molar-refractivity contribution >= 4 is 46.9 Å². The van der Waals surface area contributed by atoms with Gasteiger partial charge in [-0.15, -0.1) is 0 Å². The number of thioether (sulfide) groups is 1. The van der Waals surface area contributed by atoms with Gasteiger partial charge >= 0.3 is 0 Å². The molecule has 1 aromatic carbocycles. The number of hydrogen-bond donors (Lipinski definition) is 1. The highest BCUT2D eigenvalue weighted by atomic mass is 35.5. The summed E-state index contributed by atoms with van der Waals surface area (Å²) in [5.74, 6) is 0.774. The minimum Gasteiger partial charge on any atom is -0.352 e. The predicted molar refractivity (Wildman–Crippen MR) is 90.7 cm³/mol. The molecule has 5 heteroatoms. The summed E-state index contributed by atoms with van der Waals surface area (Å²) in [6.07, 6.45) is 3.17. The molecule has 0 saturated heterocycles. The Balaban J connectivity index is 2.40. The lowest BCUT2D eigenvalue weighted by Crippen LogP contribution is -2.25. The van der Waals surface area contributed by atoms with Gasteiger partial charge in [0, 0.05) is 33.2 Å². The lowest BCUT2D eigenvalue weighted by molar-refractivity contribution is -0.116. The fourth-order valence-electron chi connectivity index (χ4n) is 1.39. The molecule has 2 nitrogen and oxygen atoms in total. The Morgan fingerprint density at radius 3 is 2.65 bits per heavy atom. The van der Waals surface area contributed by atoms with Crippen molar-refractivity contribution in [1.29, 1.82) is 0 Å². The molecule has 0 unspecified atom stereocenters. The van der Waals surface area contributed by atoms with Gasteiger partial charge in [0.25, 0.3) is 0 Å². The smallest absolute Gasteiger partial charge is 0.244 e. The summed E-state index contributed by atoms with van der Waals surface area (Å²) in [4.78, 5) is 11.6. The SMILES string of the molecule is CC(C)(C)SCCNC(=O)/C=C/c1ccc(Cl)cc1Cl. The Bertz CT molecular complexity index is 495. The molecular weight excluding hydrogens is 313 g/mol. The maximum atomic E-state index is 11.6. The van der Waals surface area contributed by atoms with Gasteiger partial charge in [0.2, 0.25) is 5.91 Å². The fraction of sp³-hybridized carbons (Fsp3) is 0.400. The van der Waals surface area contributed by atoms with Crippen molar-refractivity contribution in [2.45, 2.75) is 25.5 Å². The summed E-state index contributed by atoms with van der Waals surface area (Å²) in [7, 11) is 0. The van der Waals surface area contributed by atoms with E-state index in [1.54, 1.807) is 24.3 Å². The molecule has 110 valence electrons. The Labute approximate surface area is 134 Å². The number of carbonyl (C=O) groups is 1. The molecular formula is C15H19Cl2NOS. The van der Waals surface area contributed by atoms with E-state index in [1.807, 2.05) is 11.8 Å². The van der Waals surface area contributed by atoms with Crippen molar-refractivity contribution in [3.63, 3.8) is 0 Å². The van der Waals surface area contributed by atoms with E-state index in [2.05, 4.69) is 26.1 Å². The Morgan fingerprint density at radius 1 is 1.35 bits per heavy atom. The molecule has 0 aromatic heterocycles. The highest BCUT2D eigenvalue weighted by molar-refractivity contribution is 8.00. The maximum absolute atomic E-state index is 11.6. The van der Waals surface area contributed by atoms with Gasteiger partial charge in [0.15, 0.2) is 0 Å². The minimum atomic E-state index is -0.120. The molecule has 0 fully saturated rings. The van der Waals surface area contributed by atoms with Gasteiger partial charge < -0.3 is 5.32 Å². The Morgan fingerprint density at radius 2 is 2.05 bits per heavy atom. The molecule has 0 aliphatic rings. The first-order valence-electron chi connectivity index (χ1n) is 6.33. The predicted octanol–water partition coefficient (Wildman–Crippen LogP) is 4.65.